The lowest BCUT2D eigenvalue weighted by atomic mass is 9.99. The van der Waals surface area contributed by atoms with Crippen molar-refractivity contribution in [1.29, 1.82) is 5.41 Å². The third-order valence-electron chi connectivity index (χ3n) is 2.60. The number of nitrogens with one attached hydrogen (secondary N) is 2. The van der Waals surface area contributed by atoms with Crippen molar-refractivity contribution >= 4 is 12.0 Å². The van der Waals surface area contributed by atoms with Gasteiger partial charge in [0.1, 0.15) is 12.4 Å². The van der Waals surface area contributed by atoms with Crippen LogP contribution in [0.15, 0.2) is 35.4 Å². The molecule has 1 aliphatic heterocycles. The van der Waals surface area contributed by atoms with Crippen molar-refractivity contribution in [2.45, 2.75) is 33.3 Å². The number of carbonyl (C=O) groups is 1. The first-order chi connectivity index (χ1) is 9.24. The van der Waals surface area contributed by atoms with E-state index < -0.39 is 5.60 Å². The summed E-state index contributed by atoms with van der Waals surface area (Å²) in [7, 11) is 0. The number of Topliss-reactive ketones (excluding diaryl/α,β-unsaturated/α-hetero) is 1. The number of hydrogen-bond acceptors (Lipinski definition) is 5. The Morgan fingerprint density at radius 2 is 2.15 bits per heavy atom. The van der Waals surface area contributed by atoms with Gasteiger partial charge in [0.25, 0.3) is 0 Å². The fourth-order valence-corrected chi connectivity index (χ4v) is 1.52. The van der Waals surface area contributed by atoms with E-state index in [1.807, 2.05) is 0 Å². The lowest BCUT2D eigenvalue weighted by Gasteiger charge is -2.20. The number of hydrogen-bond donors (Lipinski definition) is 3. The van der Waals surface area contributed by atoms with Crippen molar-refractivity contribution in [3.8, 4) is 0 Å². The number of allylic oxidation sites excluding steroid dienone is 3. The molecule has 0 saturated heterocycles. The number of dihydropyridines is 1. The molecule has 0 aromatic heterocycles. The van der Waals surface area contributed by atoms with Gasteiger partial charge in [-0.15, -0.1) is 0 Å². The van der Waals surface area contributed by atoms with E-state index in [9.17, 15) is 9.90 Å². The van der Waals surface area contributed by atoms with Gasteiger partial charge in [0.05, 0.1) is 16.9 Å². The van der Waals surface area contributed by atoms with E-state index in [1.165, 1.54) is 0 Å². The molecule has 0 aliphatic carbocycles. The molecule has 0 aromatic carbocycles. The second-order valence-electron chi connectivity index (χ2n) is 5.62. The third kappa shape index (κ3) is 4.66. The van der Waals surface area contributed by atoms with Crippen LogP contribution in [0, 0.1) is 11.3 Å². The fraction of sp³-hybridized carbons (Fsp3) is 0.467. The van der Waals surface area contributed by atoms with Gasteiger partial charge in [-0.25, -0.2) is 0 Å². The van der Waals surface area contributed by atoms with Crippen LogP contribution < -0.4 is 5.32 Å². The predicted molar refractivity (Wildman–Crippen MR) is 78.3 cm³/mol. The first kappa shape index (κ1) is 16.2. The molecule has 0 unspecified atom stereocenters. The van der Waals surface area contributed by atoms with E-state index in [2.05, 4.69) is 5.32 Å². The third-order valence-corrected chi connectivity index (χ3v) is 2.60. The van der Waals surface area contributed by atoms with Crippen LogP contribution >= 0.6 is 0 Å². The minimum absolute atomic E-state index is 0.0820. The average Bonchev–Trinajstić information content (AvgIpc) is 2.37. The maximum atomic E-state index is 11.9. The van der Waals surface area contributed by atoms with Crippen LogP contribution in [0.5, 0.6) is 0 Å². The van der Waals surface area contributed by atoms with Gasteiger partial charge in [0, 0.05) is 18.3 Å². The zero-order valence-electron chi connectivity index (χ0n) is 12.4. The average molecular weight is 278 g/mol. The van der Waals surface area contributed by atoms with Gasteiger partial charge < -0.3 is 20.6 Å². The maximum absolute atomic E-state index is 11.9. The van der Waals surface area contributed by atoms with E-state index in [0.29, 0.717) is 17.0 Å². The van der Waals surface area contributed by atoms with Crippen molar-refractivity contribution in [2.75, 3.05) is 6.61 Å². The molecule has 20 heavy (non-hydrogen) atoms. The monoisotopic (exact) mass is 278 g/mol. The first-order valence-corrected chi connectivity index (χ1v) is 6.53. The highest BCUT2D eigenvalue weighted by atomic mass is 16.5. The molecule has 0 spiro atoms. The normalized spacial score (nSPS) is 17.4. The smallest absolute Gasteiger partial charge is 0.169 e. The molecule has 1 aliphatic rings. The number of ether oxygens (including phenoxy) is 1. The van der Waals surface area contributed by atoms with Gasteiger partial charge in [0.2, 0.25) is 0 Å². The quantitative estimate of drug-likeness (QED) is 0.512. The van der Waals surface area contributed by atoms with Gasteiger partial charge in [0.15, 0.2) is 5.78 Å². The Bertz CT molecular complexity index is 480. The van der Waals surface area contributed by atoms with E-state index in [0.717, 1.165) is 6.21 Å². The van der Waals surface area contributed by atoms with Crippen LogP contribution in [0.3, 0.4) is 0 Å². The van der Waals surface area contributed by atoms with Gasteiger partial charge >= 0.3 is 0 Å². The van der Waals surface area contributed by atoms with Crippen molar-refractivity contribution < 1.29 is 14.6 Å². The van der Waals surface area contributed by atoms with Crippen molar-refractivity contribution in [1.82, 2.24) is 5.32 Å². The second-order valence-corrected chi connectivity index (χ2v) is 5.62. The topological polar surface area (TPSA) is 82.4 Å². The second kappa shape index (κ2) is 6.52. The van der Waals surface area contributed by atoms with E-state index in [1.54, 1.807) is 46.0 Å². The number of aliphatic hydroxyl groups is 1. The Hall–Kier alpha value is -1.88. The summed E-state index contributed by atoms with van der Waals surface area (Å²) in [6.45, 7) is 7.09. The van der Waals surface area contributed by atoms with Crippen LogP contribution in [0.25, 0.3) is 0 Å². The summed E-state index contributed by atoms with van der Waals surface area (Å²) in [5, 5.41) is 19.9. The summed E-state index contributed by atoms with van der Waals surface area (Å²) in [5.74, 6) is 0.324. The molecule has 5 nitrogen and oxygen atoms in total. The standard InChI is InChI=1S/C15H22N2O3/c1-10(2)14(18)12(7-16)13-6-5-11(8-17-13)20-9-15(3,4)19/h5-8,10,16-17,19H,9H2,1-4H3/b13-12+,16-7?. The van der Waals surface area contributed by atoms with Crippen LogP contribution in [0.1, 0.15) is 27.7 Å². The molecular weight excluding hydrogens is 256 g/mol. The number of rotatable bonds is 6. The summed E-state index contributed by atoms with van der Waals surface area (Å²) < 4.78 is 5.41. The molecular formula is C15H22N2O3. The Balaban J connectivity index is 2.78. The summed E-state index contributed by atoms with van der Waals surface area (Å²) in [6.07, 6.45) is 6.07. The minimum atomic E-state index is -0.904. The van der Waals surface area contributed by atoms with Crippen molar-refractivity contribution in [2.24, 2.45) is 5.92 Å². The molecule has 0 fully saturated rings. The van der Waals surface area contributed by atoms with Crippen LogP contribution in [0.4, 0.5) is 0 Å². The molecule has 3 N–H and O–H groups in total. The molecule has 1 heterocycles. The molecule has 0 saturated carbocycles. The molecule has 0 radical (unpaired) electrons. The van der Waals surface area contributed by atoms with Crippen molar-refractivity contribution in [3.05, 3.63) is 35.4 Å². The van der Waals surface area contributed by atoms with Crippen molar-refractivity contribution in [3.63, 3.8) is 0 Å². The van der Waals surface area contributed by atoms with E-state index >= 15 is 0 Å². The zero-order valence-corrected chi connectivity index (χ0v) is 12.4. The highest BCUT2D eigenvalue weighted by Crippen LogP contribution is 2.15. The lowest BCUT2D eigenvalue weighted by Crippen LogP contribution is -2.26. The summed E-state index contributed by atoms with van der Waals surface area (Å²) >= 11 is 0. The van der Waals surface area contributed by atoms with Gasteiger partial charge in [-0.1, -0.05) is 13.8 Å². The van der Waals surface area contributed by atoms with Gasteiger partial charge in [-0.3, -0.25) is 4.79 Å². The largest absolute Gasteiger partial charge is 0.489 e. The molecule has 0 aromatic rings. The highest BCUT2D eigenvalue weighted by Gasteiger charge is 2.18. The molecule has 0 bridgehead atoms. The molecule has 1 rings (SSSR count). The maximum Gasteiger partial charge on any atom is 0.169 e. The predicted octanol–water partition coefficient (Wildman–Crippen LogP) is 1.90. The van der Waals surface area contributed by atoms with E-state index in [-0.39, 0.29) is 18.3 Å². The minimum Gasteiger partial charge on any atom is -0.489 e. The molecule has 0 amide bonds. The Kier molecular flexibility index (Phi) is 5.27. The summed E-state index contributed by atoms with van der Waals surface area (Å²) in [5.41, 5.74) is 0.0155. The van der Waals surface area contributed by atoms with Crippen LogP contribution in [0.2, 0.25) is 0 Å². The lowest BCUT2D eigenvalue weighted by molar-refractivity contribution is -0.117. The Morgan fingerprint density at radius 1 is 1.50 bits per heavy atom. The van der Waals surface area contributed by atoms with Crippen LogP contribution in [-0.4, -0.2) is 29.3 Å². The van der Waals surface area contributed by atoms with Crippen LogP contribution in [-0.2, 0) is 9.53 Å². The summed E-state index contributed by atoms with van der Waals surface area (Å²) in [4.78, 5) is 11.9. The highest BCUT2D eigenvalue weighted by molar-refractivity contribution is 6.14. The van der Waals surface area contributed by atoms with Gasteiger partial charge in [-0.05, 0) is 26.0 Å². The zero-order chi connectivity index (χ0) is 15.3. The Morgan fingerprint density at radius 3 is 2.55 bits per heavy atom. The molecule has 0 atom stereocenters. The van der Waals surface area contributed by atoms with Gasteiger partial charge in [-0.2, -0.15) is 0 Å². The number of ketones is 1. The Labute approximate surface area is 119 Å². The summed E-state index contributed by atoms with van der Waals surface area (Å²) in [6, 6.07) is 0. The molecule has 5 heteroatoms. The fourth-order valence-electron chi connectivity index (χ4n) is 1.52. The van der Waals surface area contributed by atoms with E-state index in [4.69, 9.17) is 10.1 Å². The molecule has 110 valence electrons. The SMILES string of the molecule is CC(C)C(=O)/C(C=N)=C1\C=CC(OCC(C)(C)O)=CN1. The first-order valence-electron chi connectivity index (χ1n) is 6.53. The number of carbonyl (C=O) groups excluding carboxylic acids is 1.